The number of nitrogens with one attached hydrogen (secondary N) is 1. The molecule has 21 heavy (non-hydrogen) atoms. The van der Waals surface area contributed by atoms with Gasteiger partial charge in [0, 0.05) is 24.5 Å². The number of thiophene rings is 1. The van der Waals surface area contributed by atoms with E-state index in [0.29, 0.717) is 24.5 Å². The number of rotatable bonds is 11. The minimum absolute atomic E-state index is 0.487. The first-order valence-corrected chi connectivity index (χ1v) is 10.2. The van der Waals surface area contributed by atoms with E-state index in [4.69, 9.17) is 0 Å². The topological polar surface area (TPSA) is 49.4 Å². The highest BCUT2D eigenvalue weighted by atomic mass is 32.2. The van der Waals surface area contributed by atoms with E-state index in [1.165, 1.54) is 11.3 Å². The lowest BCUT2D eigenvalue weighted by Crippen LogP contribution is -2.33. The Hall–Kier alpha value is -0.430. The molecule has 122 valence electrons. The van der Waals surface area contributed by atoms with Crippen LogP contribution in [0.25, 0.3) is 0 Å². The molecule has 4 nitrogen and oxygen atoms in total. The summed E-state index contributed by atoms with van der Waals surface area (Å²) in [6.45, 7) is 8.91. The maximum Gasteiger partial charge on any atom is 0.244 e. The molecule has 0 spiro atoms. The summed E-state index contributed by atoms with van der Waals surface area (Å²) in [5.74, 6) is 0. The third-order valence-corrected chi connectivity index (χ3v) is 6.41. The maximum atomic E-state index is 12.9. The van der Waals surface area contributed by atoms with Crippen molar-refractivity contribution in [2.75, 3.05) is 19.6 Å². The maximum absolute atomic E-state index is 12.9. The normalized spacial score (nSPS) is 12.2. The van der Waals surface area contributed by atoms with Crippen molar-refractivity contribution in [1.82, 2.24) is 9.62 Å². The molecule has 0 amide bonds. The molecule has 1 aromatic heterocycles. The second-order valence-electron chi connectivity index (χ2n) is 5.10. The van der Waals surface area contributed by atoms with E-state index in [2.05, 4.69) is 19.2 Å². The molecule has 0 aromatic carbocycles. The highest BCUT2D eigenvalue weighted by Gasteiger charge is 2.26. The molecule has 6 heteroatoms. The van der Waals surface area contributed by atoms with Gasteiger partial charge in [-0.05, 0) is 30.8 Å². The third kappa shape index (κ3) is 5.36. The molecule has 0 atom stereocenters. The van der Waals surface area contributed by atoms with Crippen LogP contribution < -0.4 is 5.32 Å². The van der Waals surface area contributed by atoms with Gasteiger partial charge in [0.2, 0.25) is 10.0 Å². The quantitative estimate of drug-likeness (QED) is 0.675. The molecule has 0 unspecified atom stereocenters. The molecule has 1 rings (SSSR count). The number of sulfonamides is 1. The molecule has 1 heterocycles. The van der Waals surface area contributed by atoms with Gasteiger partial charge in [0.05, 0.1) is 4.90 Å². The van der Waals surface area contributed by atoms with Crippen molar-refractivity contribution in [2.24, 2.45) is 0 Å². The van der Waals surface area contributed by atoms with E-state index < -0.39 is 10.0 Å². The SMILES string of the molecule is CCCCN(CCCC)S(=O)(=O)c1ccsc1CNCC. The van der Waals surface area contributed by atoms with E-state index in [0.717, 1.165) is 37.1 Å². The Labute approximate surface area is 133 Å². The van der Waals surface area contributed by atoms with Gasteiger partial charge < -0.3 is 5.32 Å². The van der Waals surface area contributed by atoms with Crippen LogP contribution in [0.2, 0.25) is 0 Å². The van der Waals surface area contributed by atoms with Gasteiger partial charge in [-0.3, -0.25) is 0 Å². The monoisotopic (exact) mass is 332 g/mol. The van der Waals surface area contributed by atoms with Gasteiger partial charge in [0.15, 0.2) is 0 Å². The van der Waals surface area contributed by atoms with Gasteiger partial charge >= 0.3 is 0 Å². The minimum Gasteiger partial charge on any atom is -0.312 e. The van der Waals surface area contributed by atoms with Crippen LogP contribution in [0.1, 0.15) is 51.3 Å². The second kappa shape index (κ2) is 9.56. The fourth-order valence-corrected chi connectivity index (χ4v) is 4.99. The van der Waals surface area contributed by atoms with Crippen LogP contribution in [0.4, 0.5) is 0 Å². The Balaban J connectivity index is 2.95. The molecule has 0 aliphatic heterocycles. The predicted molar refractivity (Wildman–Crippen MR) is 90.3 cm³/mol. The molecule has 0 fully saturated rings. The van der Waals surface area contributed by atoms with E-state index in [-0.39, 0.29) is 0 Å². The first kappa shape index (κ1) is 18.6. The van der Waals surface area contributed by atoms with E-state index in [1.807, 2.05) is 12.3 Å². The van der Waals surface area contributed by atoms with Gasteiger partial charge in [-0.25, -0.2) is 8.42 Å². The summed E-state index contributed by atoms with van der Waals surface area (Å²) in [5, 5.41) is 5.09. The average Bonchev–Trinajstić information content (AvgIpc) is 2.94. The molecular formula is C15H28N2O2S2. The zero-order chi connectivity index (χ0) is 15.7. The summed E-state index contributed by atoms with van der Waals surface area (Å²) < 4.78 is 27.5. The molecular weight excluding hydrogens is 304 g/mol. The highest BCUT2D eigenvalue weighted by molar-refractivity contribution is 7.89. The zero-order valence-electron chi connectivity index (χ0n) is 13.4. The van der Waals surface area contributed by atoms with Crippen molar-refractivity contribution in [1.29, 1.82) is 0 Å². The van der Waals surface area contributed by atoms with E-state index >= 15 is 0 Å². The largest absolute Gasteiger partial charge is 0.312 e. The molecule has 0 bridgehead atoms. The van der Waals surface area contributed by atoms with Gasteiger partial charge in [-0.1, -0.05) is 33.6 Å². The molecule has 0 saturated carbocycles. The average molecular weight is 333 g/mol. The lowest BCUT2D eigenvalue weighted by molar-refractivity contribution is 0.395. The van der Waals surface area contributed by atoms with Gasteiger partial charge in [0.1, 0.15) is 0 Å². The second-order valence-corrected chi connectivity index (χ2v) is 8.01. The van der Waals surface area contributed by atoms with Gasteiger partial charge in [-0.2, -0.15) is 4.31 Å². The number of hydrogen-bond donors (Lipinski definition) is 1. The van der Waals surface area contributed by atoms with Crippen LogP contribution in [0.3, 0.4) is 0 Å². The van der Waals surface area contributed by atoms with Crippen molar-refractivity contribution in [3.8, 4) is 0 Å². The van der Waals surface area contributed by atoms with Crippen LogP contribution >= 0.6 is 11.3 Å². The van der Waals surface area contributed by atoms with Crippen molar-refractivity contribution < 1.29 is 8.42 Å². The van der Waals surface area contributed by atoms with Crippen LogP contribution in [0.15, 0.2) is 16.3 Å². The Morgan fingerprint density at radius 1 is 1.14 bits per heavy atom. The van der Waals surface area contributed by atoms with Crippen molar-refractivity contribution in [3.63, 3.8) is 0 Å². The van der Waals surface area contributed by atoms with Crippen molar-refractivity contribution in [3.05, 3.63) is 16.3 Å². The molecule has 1 aromatic rings. The Morgan fingerprint density at radius 3 is 2.29 bits per heavy atom. The zero-order valence-corrected chi connectivity index (χ0v) is 15.0. The molecule has 0 saturated heterocycles. The molecule has 1 N–H and O–H groups in total. The van der Waals surface area contributed by atoms with Gasteiger partial charge in [0.25, 0.3) is 0 Å². The summed E-state index contributed by atoms with van der Waals surface area (Å²) in [6.07, 6.45) is 3.84. The fourth-order valence-electron chi connectivity index (χ4n) is 2.09. The first-order chi connectivity index (χ1) is 10.1. The van der Waals surface area contributed by atoms with E-state index in [9.17, 15) is 8.42 Å². The van der Waals surface area contributed by atoms with Crippen LogP contribution in [-0.2, 0) is 16.6 Å². The predicted octanol–water partition coefficient (Wildman–Crippen LogP) is 3.45. The smallest absolute Gasteiger partial charge is 0.244 e. The lowest BCUT2D eigenvalue weighted by Gasteiger charge is -2.22. The van der Waals surface area contributed by atoms with Gasteiger partial charge in [-0.15, -0.1) is 11.3 Å². The van der Waals surface area contributed by atoms with Crippen LogP contribution in [0.5, 0.6) is 0 Å². The Bertz CT molecular complexity index is 490. The summed E-state index contributed by atoms with van der Waals surface area (Å²) in [6, 6.07) is 1.75. The number of unbranched alkanes of at least 4 members (excludes halogenated alkanes) is 2. The lowest BCUT2D eigenvalue weighted by atomic mass is 10.3. The fraction of sp³-hybridized carbons (Fsp3) is 0.733. The van der Waals surface area contributed by atoms with E-state index in [1.54, 1.807) is 10.4 Å². The number of nitrogens with zero attached hydrogens (tertiary/aromatic N) is 1. The molecule has 0 radical (unpaired) electrons. The van der Waals surface area contributed by atoms with Crippen LogP contribution in [-0.4, -0.2) is 32.4 Å². The van der Waals surface area contributed by atoms with Crippen LogP contribution in [0, 0.1) is 0 Å². The Kier molecular flexibility index (Phi) is 8.48. The summed E-state index contributed by atoms with van der Waals surface area (Å²) in [5.41, 5.74) is 0. The van der Waals surface area contributed by atoms with Crippen molar-refractivity contribution >= 4 is 21.4 Å². The minimum atomic E-state index is -3.36. The Morgan fingerprint density at radius 2 is 1.76 bits per heavy atom. The number of hydrogen-bond acceptors (Lipinski definition) is 4. The third-order valence-electron chi connectivity index (χ3n) is 3.38. The molecule has 0 aliphatic rings. The summed E-state index contributed by atoms with van der Waals surface area (Å²) in [7, 11) is -3.36. The first-order valence-electron chi connectivity index (χ1n) is 7.85. The van der Waals surface area contributed by atoms with Crippen molar-refractivity contribution in [2.45, 2.75) is 57.9 Å². The standard InChI is InChI=1S/C15H28N2O2S2/c1-4-7-10-17(11-8-5-2)21(18,19)15-9-12-20-14(15)13-16-6-3/h9,12,16H,4-8,10-11,13H2,1-3H3. The summed E-state index contributed by atoms with van der Waals surface area (Å²) >= 11 is 1.51. The summed E-state index contributed by atoms with van der Waals surface area (Å²) in [4.78, 5) is 1.40. The highest BCUT2D eigenvalue weighted by Crippen LogP contribution is 2.25. The molecule has 0 aliphatic carbocycles.